The number of nitrogens with zero attached hydrogens (tertiary/aromatic N) is 2. The van der Waals surface area contributed by atoms with E-state index in [2.05, 4.69) is 27.4 Å². The molecule has 0 spiro atoms. The minimum atomic E-state index is -2.27. The Bertz CT molecular complexity index is 776. The highest BCUT2D eigenvalue weighted by atomic mass is 16.4. The lowest BCUT2D eigenvalue weighted by molar-refractivity contribution is -0.165. The van der Waals surface area contributed by atoms with E-state index in [-0.39, 0.29) is 0 Å². The fraction of sp³-hybridized carbons (Fsp3) is 0.412. The van der Waals surface area contributed by atoms with Gasteiger partial charge in [-0.25, -0.2) is 9.59 Å². The van der Waals surface area contributed by atoms with Gasteiger partial charge in [-0.2, -0.15) is 0 Å². The number of rotatable bonds is 3. The maximum Gasteiger partial charge on any atom is 0.335 e. The van der Waals surface area contributed by atoms with Crippen LogP contribution in [-0.4, -0.2) is 67.6 Å². The molecule has 0 unspecified atom stereocenters. The molecule has 2 heterocycles. The Hall–Kier alpha value is -2.62. The number of hydrogen-bond donors (Lipinski definition) is 5. The van der Waals surface area contributed by atoms with Crippen molar-refractivity contribution in [3.8, 4) is 0 Å². The Morgan fingerprint density at radius 2 is 1.35 bits per heavy atom. The number of aliphatic carboxylic acids is 2. The van der Waals surface area contributed by atoms with Crippen molar-refractivity contribution in [3.05, 3.63) is 35.7 Å². The lowest BCUT2D eigenvalue weighted by Crippen LogP contribution is -2.39. The van der Waals surface area contributed by atoms with Gasteiger partial charge in [-0.05, 0) is 41.5 Å². The average Bonchev–Trinajstić information content (AvgIpc) is 2.88. The summed E-state index contributed by atoms with van der Waals surface area (Å²) in [5.74, 6) is -2.15. The highest BCUT2D eigenvalue weighted by molar-refractivity contribution is 5.83. The molecule has 2 aliphatic rings. The molecule has 2 aromatic rings. The zero-order valence-corrected chi connectivity index (χ0v) is 13.7. The van der Waals surface area contributed by atoms with Gasteiger partial charge in [0.25, 0.3) is 0 Å². The van der Waals surface area contributed by atoms with E-state index >= 15 is 0 Å². The van der Waals surface area contributed by atoms with Gasteiger partial charge in [-0.15, -0.1) is 0 Å². The summed E-state index contributed by atoms with van der Waals surface area (Å²) in [6.07, 6.45) is 0.316. The molecular weight excluding hydrogens is 342 g/mol. The molecule has 5 N–H and O–H groups in total. The van der Waals surface area contributed by atoms with E-state index in [9.17, 15) is 9.59 Å². The van der Waals surface area contributed by atoms with Gasteiger partial charge in [0, 0.05) is 25.5 Å². The van der Waals surface area contributed by atoms with Crippen molar-refractivity contribution in [2.24, 2.45) is 0 Å². The van der Waals surface area contributed by atoms with Crippen LogP contribution in [-0.2, 0) is 9.59 Å². The lowest BCUT2D eigenvalue weighted by atomic mass is 9.98. The largest absolute Gasteiger partial charge is 0.479 e. The third-order valence-electron chi connectivity index (χ3n) is 4.71. The molecule has 0 saturated carbocycles. The molecule has 1 fully saturated rings. The fourth-order valence-electron chi connectivity index (χ4n) is 3.44. The van der Waals surface area contributed by atoms with Crippen molar-refractivity contribution in [1.29, 1.82) is 0 Å². The van der Waals surface area contributed by atoms with E-state index in [0.29, 0.717) is 11.8 Å². The van der Waals surface area contributed by atoms with Crippen LogP contribution in [0.1, 0.15) is 29.4 Å². The summed E-state index contributed by atoms with van der Waals surface area (Å²) in [6, 6.07) is 4.49. The van der Waals surface area contributed by atoms with Gasteiger partial charge in [-0.1, -0.05) is 0 Å². The van der Waals surface area contributed by atoms with Crippen LogP contribution in [0.15, 0.2) is 24.5 Å². The predicted molar refractivity (Wildman–Crippen MR) is 89.8 cm³/mol. The van der Waals surface area contributed by atoms with Crippen LogP contribution in [0.5, 0.6) is 0 Å². The number of aromatic nitrogens is 2. The number of aliphatic hydroxyl groups is 2. The lowest BCUT2D eigenvalue weighted by Gasteiger charge is -2.19. The van der Waals surface area contributed by atoms with Crippen LogP contribution < -0.4 is 5.32 Å². The summed E-state index contributed by atoms with van der Waals surface area (Å²) in [5.41, 5.74) is 5.08. The number of carboxylic acid groups (broad SMARTS) is 2. The zero-order chi connectivity index (χ0) is 18.8. The maximum atomic E-state index is 9.77. The first-order valence-corrected chi connectivity index (χ1v) is 8.15. The summed E-state index contributed by atoms with van der Waals surface area (Å²) >= 11 is 0. The van der Waals surface area contributed by atoms with E-state index < -0.39 is 24.1 Å². The Labute approximate surface area is 148 Å². The first kappa shape index (κ1) is 18.2. The van der Waals surface area contributed by atoms with Crippen molar-refractivity contribution >= 4 is 23.0 Å². The molecular formula is C17H19N3O6. The molecule has 1 aromatic heterocycles. The Morgan fingerprint density at radius 3 is 1.73 bits per heavy atom. The molecule has 0 radical (unpaired) electrons. The third kappa shape index (κ3) is 3.50. The van der Waals surface area contributed by atoms with Crippen LogP contribution in [0.25, 0.3) is 11.0 Å². The van der Waals surface area contributed by atoms with Crippen LogP contribution in [0.2, 0.25) is 0 Å². The monoisotopic (exact) mass is 361 g/mol. The molecule has 9 nitrogen and oxygen atoms in total. The van der Waals surface area contributed by atoms with Gasteiger partial charge in [0.05, 0.1) is 11.0 Å². The summed E-state index contributed by atoms with van der Waals surface area (Å²) in [6.45, 7) is 2.24. The molecule has 138 valence electrons. The second-order valence-electron chi connectivity index (χ2n) is 6.38. The van der Waals surface area contributed by atoms with E-state index in [1.807, 2.05) is 0 Å². The quantitative estimate of drug-likeness (QED) is 0.495. The number of piperidine rings is 1. The summed E-state index contributed by atoms with van der Waals surface area (Å²) < 4.78 is 0. The van der Waals surface area contributed by atoms with E-state index in [1.54, 1.807) is 12.4 Å². The highest BCUT2D eigenvalue weighted by Gasteiger charge is 2.34. The number of aliphatic hydroxyl groups excluding tert-OH is 2. The second kappa shape index (κ2) is 7.32. The van der Waals surface area contributed by atoms with E-state index in [4.69, 9.17) is 20.4 Å². The molecule has 1 aliphatic carbocycles. The average molecular weight is 361 g/mol. The topological polar surface area (TPSA) is 153 Å². The van der Waals surface area contributed by atoms with Crippen molar-refractivity contribution in [2.75, 3.05) is 13.1 Å². The summed E-state index contributed by atoms with van der Waals surface area (Å²) in [5, 5.41) is 36.0. The molecule has 1 saturated heterocycles. The van der Waals surface area contributed by atoms with Crippen LogP contribution in [0, 0.1) is 0 Å². The van der Waals surface area contributed by atoms with Crippen molar-refractivity contribution in [2.45, 2.75) is 30.5 Å². The standard InChI is InChI=1S/C13H13N3.C4H6O6/c1-2-16-13-5-11-9-3-8(6-14-7-9)10(11)4-12(13)15-1;5-1(3(7)8)2(6)4(9)10/h1-2,4-5,8-9,14H,3,6-7H2;1-2,5-6H,(H,7,8)(H,9,10)/t8-,9-;1-,2-/m01/s1. The van der Waals surface area contributed by atoms with Gasteiger partial charge in [-0.3, -0.25) is 9.97 Å². The molecule has 26 heavy (non-hydrogen) atoms. The third-order valence-corrected chi connectivity index (χ3v) is 4.71. The number of carboxylic acids is 2. The number of hydrogen-bond acceptors (Lipinski definition) is 7. The zero-order valence-electron chi connectivity index (χ0n) is 13.7. The number of benzene rings is 1. The molecule has 0 amide bonds. The van der Waals surface area contributed by atoms with Gasteiger partial charge in [0.2, 0.25) is 0 Å². The van der Waals surface area contributed by atoms with Crippen LogP contribution in [0.4, 0.5) is 0 Å². The van der Waals surface area contributed by atoms with Crippen molar-refractivity contribution in [3.63, 3.8) is 0 Å². The van der Waals surface area contributed by atoms with Gasteiger partial charge in [0.1, 0.15) is 0 Å². The Kier molecular flexibility index (Phi) is 5.12. The molecule has 4 atom stereocenters. The van der Waals surface area contributed by atoms with Gasteiger partial charge in [0.15, 0.2) is 12.2 Å². The molecule has 2 bridgehead atoms. The molecule has 4 rings (SSSR count). The van der Waals surface area contributed by atoms with E-state index in [0.717, 1.165) is 24.1 Å². The first-order valence-electron chi connectivity index (χ1n) is 8.15. The Balaban J connectivity index is 0.000000172. The smallest absolute Gasteiger partial charge is 0.335 e. The van der Waals surface area contributed by atoms with Crippen molar-refractivity contribution < 1.29 is 30.0 Å². The second-order valence-corrected chi connectivity index (χ2v) is 6.38. The first-order chi connectivity index (χ1) is 12.4. The predicted octanol–water partition coefficient (Wildman–Crippen LogP) is -0.319. The van der Waals surface area contributed by atoms with Gasteiger partial charge < -0.3 is 25.7 Å². The Morgan fingerprint density at radius 1 is 0.923 bits per heavy atom. The molecule has 9 heteroatoms. The normalized spacial score (nSPS) is 22.7. The molecule has 1 aliphatic heterocycles. The number of fused-ring (bicyclic) bond motifs is 6. The summed E-state index contributed by atoms with van der Waals surface area (Å²) in [7, 11) is 0. The van der Waals surface area contributed by atoms with Crippen LogP contribution in [0.3, 0.4) is 0 Å². The molecule has 1 aromatic carbocycles. The SMILES string of the molecule is O=C(O)[C@H](O)[C@@H](O)C(=O)O.c1cnc2cc3c(cc2n1)[C@@H]1CNC[C@@H]3C1. The number of carbonyl (C=O) groups is 2. The van der Waals surface area contributed by atoms with Crippen LogP contribution >= 0.6 is 0 Å². The fourth-order valence-corrected chi connectivity index (χ4v) is 3.44. The summed E-state index contributed by atoms with van der Waals surface area (Å²) in [4.78, 5) is 28.3. The minimum absolute atomic E-state index is 0.695. The maximum absolute atomic E-state index is 9.77. The van der Waals surface area contributed by atoms with Crippen molar-refractivity contribution in [1.82, 2.24) is 15.3 Å². The number of nitrogens with one attached hydrogen (secondary N) is 1. The van der Waals surface area contributed by atoms with E-state index in [1.165, 1.54) is 17.5 Å². The van der Waals surface area contributed by atoms with Gasteiger partial charge >= 0.3 is 11.9 Å². The minimum Gasteiger partial charge on any atom is -0.479 e. The highest BCUT2D eigenvalue weighted by Crippen LogP contribution is 2.44.